The molecule has 1 atom stereocenters. The lowest BCUT2D eigenvalue weighted by atomic mass is 10.0. The van der Waals surface area contributed by atoms with Crippen molar-refractivity contribution in [3.05, 3.63) is 23.8 Å². The van der Waals surface area contributed by atoms with Crippen molar-refractivity contribution >= 4 is 5.91 Å². The van der Waals surface area contributed by atoms with Crippen molar-refractivity contribution < 1.29 is 19.0 Å². The Balaban J connectivity index is 2.17. The van der Waals surface area contributed by atoms with Crippen LogP contribution in [0.25, 0.3) is 0 Å². The lowest BCUT2D eigenvalue weighted by molar-refractivity contribution is 0.0619. The van der Waals surface area contributed by atoms with Crippen LogP contribution < -0.4 is 14.8 Å². The number of carbonyl (C=O) groups excluding carboxylic acids is 1. The number of nitrogens with one attached hydrogen (secondary N) is 1. The van der Waals surface area contributed by atoms with Crippen LogP contribution >= 0.6 is 0 Å². The van der Waals surface area contributed by atoms with E-state index in [1.807, 2.05) is 17.0 Å². The number of benzene rings is 1. The van der Waals surface area contributed by atoms with Gasteiger partial charge < -0.3 is 24.4 Å². The van der Waals surface area contributed by atoms with Gasteiger partial charge in [-0.1, -0.05) is 13.8 Å². The third-order valence-corrected chi connectivity index (χ3v) is 4.70. The summed E-state index contributed by atoms with van der Waals surface area (Å²) in [4.78, 5) is 15.3. The van der Waals surface area contributed by atoms with Crippen molar-refractivity contribution in [1.82, 2.24) is 10.2 Å². The first-order valence-electron chi connectivity index (χ1n) is 9.88. The van der Waals surface area contributed by atoms with E-state index in [1.54, 1.807) is 20.3 Å². The Bertz CT molecular complexity index is 586. The summed E-state index contributed by atoms with van der Waals surface area (Å²) in [6.07, 6.45) is 2.93. The van der Waals surface area contributed by atoms with Crippen LogP contribution in [0.5, 0.6) is 11.5 Å². The summed E-state index contributed by atoms with van der Waals surface area (Å²) in [6.45, 7) is 8.09. The zero-order valence-corrected chi connectivity index (χ0v) is 17.1. The first-order valence-corrected chi connectivity index (χ1v) is 9.88. The average molecular weight is 379 g/mol. The molecule has 152 valence electrons. The highest BCUT2D eigenvalue weighted by molar-refractivity contribution is 5.95. The summed E-state index contributed by atoms with van der Waals surface area (Å²) in [5.41, 5.74) is 0.642. The van der Waals surface area contributed by atoms with Gasteiger partial charge in [-0.15, -0.1) is 0 Å². The number of hydrogen-bond acceptors (Lipinski definition) is 5. The standard InChI is InChI=1S/C21H34N2O4/c1-16(2)15-23(18-7-5-10-22-14-18)21(24)17-8-9-19(26-4)20(13-17)27-12-6-11-25-3/h8-9,13,16,18,22H,5-7,10-12,14-15H2,1-4H3/t18-/m1/s1. The molecule has 27 heavy (non-hydrogen) atoms. The van der Waals surface area contributed by atoms with E-state index in [9.17, 15) is 4.79 Å². The molecule has 6 heteroatoms. The molecule has 0 aromatic heterocycles. The summed E-state index contributed by atoms with van der Waals surface area (Å²) in [6, 6.07) is 5.68. The van der Waals surface area contributed by atoms with Gasteiger partial charge in [-0.05, 0) is 43.5 Å². The molecule has 0 radical (unpaired) electrons. The van der Waals surface area contributed by atoms with Crippen molar-refractivity contribution in [3.8, 4) is 11.5 Å². The smallest absolute Gasteiger partial charge is 0.254 e. The molecule has 1 aliphatic rings. The molecule has 1 N–H and O–H groups in total. The predicted octanol–water partition coefficient (Wildman–Crippen LogP) is 2.96. The molecule has 0 spiro atoms. The zero-order chi connectivity index (χ0) is 19.6. The Kier molecular flexibility index (Phi) is 8.88. The van der Waals surface area contributed by atoms with Crippen LogP contribution in [0, 0.1) is 5.92 Å². The molecule has 6 nitrogen and oxygen atoms in total. The van der Waals surface area contributed by atoms with Crippen molar-refractivity contribution in [2.75, 3.05) is 47.1 Å². The molecule has 0 saturated carbocycles. The molecule has 0 bridgehead atoms. The second-order valence-corrected chi connectivity index (χ2v) is 7.41. The molecule has 1 heterocycles. The van der Waals surface area contributed by atoms with Crippen LogP contribution in [0.15, 0.2) is 18.2 Å². The van der Waals surface area contributed by atoms with Crippen LogP contribution in [0.1, 0.15) is 43.5 Å². The average Bonchev–Trinajstić information content (AvgIpc) is 2.69. The van der Waals surface area contributed by atoms with Crippen LogP contribution in [0.4, 0.5) is 0 Å². The van der Waals surface area contributed by atoms with Gasteiger partial charge in [0.15, 0.2) is 11.5 Å². The predicted molar refractivity (Wildman–Crippen MR) is 107 cm³/mol. The van der Waals surface area contributed by atoms with Gasteiger partial charge in [0.2, 0.25) is 0 Å². The first kappa shape index (κ1) is 21.5. The van der Waals surface area contributed by atoms with Crippen LogP contribution in [0.2, 0.25) is 0 Å². The maximum absolute atomic E-state index is 13.3. The number of amides is 1. The SMILES string of the molecule is COCCCOc1cc(C(=O)N(CC(C)C)[C@@H]2CCCNC2)ccc1OC. The molecule has 1 aromatic rings. The van der Waals surface area contributed by atoms with Gasteiger partial charge in [-0.25, -0.2) is 0 Å². The van der Waals surface area contributed by atoms with Gasteiger partial charge in [-0.3, -0.25) is 4.79 Å². The highest BCUT2D eigenvalue weighted by atomic mass is 16.5. The fourth-order valence-electron chi connectivity index (χ4n) is 3.36. The third kappa shape index (κ3) is 6.40. The van der Waals surface area contributed by atoms with Crippen molar-refractivity contribution in [2.24, 2.45) is 5.92 Å². The van der Waals surface area contributed by atoms with E-state index in [0.29, 0.717) is 36.2 Å². The molecule has 0 unspecified atom stereocenters. The number of methoxy groups -OCH3 is 2. The minimum atomic E-state index is 0.0572. The fourth-order valence-corrected chi connectivity index (χ4v) is 3.36. The minimum absolute atomic E-state index is 0.0572. The summed E-state index contributed by atoms with van der Waals surface area (Å²) < 4.78 is 16.3. The Morgan fingerprint density at radius 1 is 1.26 bits per heavy atom. The van der Waals surface area contributed by atoms with Crippen LogP contribution in [0.3, 0.4) is 0 Å². The summed E-state index contributed by atoms with van der Waals surface area (Å²) in [5, 5.41) is 3.41. The Morgan fingerprint density at radius 3 is 2.70 bits per heavy atom. The molecule has 1 fully saturated rings. The largest absolute Gasteiger partial charge is 0.493 e. The first-order chi connectivity index (χ1) is 13.1. The van der Waals surface area contributed by atoms with E-state index in [1.165, 1.54) is 0 Å². The number of rotatable bonds is 10. The number of piperidine rings is 1. The second kappa shape index (κ2) is 11.1. The number of hydrogen-bond donors (Lipinski definition) is 1. The van der Waals surface area contributed by atoms with Crippen LogP contribution in [-0.4, -0.2) is 63.9 Å². The lowest BCUT2D eigenvalue weighted by Gasteiger charge is -2.36. The second-order valence-electron chi connectivity index (χ2n) is 7.41. The van der Waals surface area contributed by atoms with E-state index >= 15 is 0 Å². The molecule has 1 amide bonds. The monoisotopic (exact) mass is 378 g/mol. The normalized spacial score (nSPS) is 17.0. The zero-order valence-electron chi connectivity index (χ0n) is 17.1. The molecule has 1 aromatic carbocycles. The summed E-state index contributed by atoms with van der Waals surface area (Å²) in [5.74, 6) is 1.71. The van der Waals surface area contributed by atoms with E-state index in [2.05, 4.69) is 19.2 Å². The molecular weight excluding hydrogens is 344 g/mol. The van der Waals surface area contributed by atoms with Gasteiger partial charge in [0.25, 0.3) is 5.91 Å². The number of ether oxygens (including phenoxy) is 3. The highest BCUT2D eigenvalue weighted by Gasteiger charge is 2.27. The number of nitrogens with zero attached hydrogens (tertiary/aromatic N) is 1. The molecular formula is C21H34N2O4. The van der Waals surface area contributed by atoms with Gasteiger partial charge in [0, 0.05) is 44.8 Å². The Labute approximate surface area is 163 Å². The Morgan fingerprint density at radius 2 is 2.07 bits per heavy atom. The fraction of sp³-hybridized carbons (Fsp3) is 0.667. The van der Waals surface area contributed by atoms with Crippen LogP contribution in [-0.2, 0) is 4.74 Å². The molecule has 0 aliphatic carbocycles. The third-order valence-electron chi connectivity index (χ3n) is 4.70. The molecule has 1 aliphatic heterocycles. The molecule has 2 rings (SSSR count). The quantitative estimate of drug-likeness (QED) is 0.634. The van der Waals surface area contributed by atoms with Crippen molar-refractivity contribution in [3.63, 3.8) is 0 Å². The van der Waals surface area contributed by atoms with Crippen molar-refractivity contribution in [1.29, 1.82) is 0 Å². The highest BCUT2D eigenvalue weighted by Crippen LogP contribution is 2.29. The van der Waals surface area contributed by atoms with Gasteiger partial charge in [0.1, 0.15) is 0 Å². The molecule has 1 saturated heterocycles. The van der Waals surface area contributed by atoms with Gasteiger partial charge in [-0.2, -0.15) is 0 Å². The maximum atomic E-state index is 13.3. The topological polar surface area (TPSA) is 60.0 Å². The van der Waals surface area contributed by atoms with Gasteiger partial charge in [0.05, 0.1) is 13.7 Å². The van der Waals surface area contributed by atoms with E-state index in [-0.39, 0.29) is 11.9 Å². The lowest BCUT2D eigenvalue weighted by Crippen LogP contribution is -2.50. The van der Waals surface area contributed by atoms with E-state index < -0.39 is 0 Å². The van der Waals surface area contributed by atoms with E-state index in [4.69, 9.17) is 14.2 Å². The Hall–Kier alpha value is -1.79. The maximum Gasteiger partial charge on any atom is 0.254 e. The summed E-state index contributed by atoms with van der Waals surface area (Å²) >= 11 is 0. The van der Waals surface area contributed by atoms with E-state index in [0.717, 1.165) is 38.9 Å². The summed E-state index contributed by atoms with van der Waals surface area (Å²) in [7, 11) is 3.28. The van der Waals surface area contributed by atoms with Gasteiger partial charge >= 0.3 is 0 Å². The number of carbonyl (C=O) groups is 1. The minimum Gasteiger partial charge on any atom is -0.493 e. The van der Waals surface area contributed by atoms with Crippen molar-refractivity contribution in [2.45, 2.75) is 39.2 Å².